The maximum Gasteiger partial charge on any atom is 0.122 e. The molecule has 0 fully saturated rings. The van der Waals surface area contributed by atoms with E-state index in [1.54, 1.807) is 0 Å². The molecule has 0 bridgehead atoms. The van der Waals surface area contributed by atoms with E-state index in [9.17, 15) is 0 Å². The van der Waals surface area contributed by atoms with Crippen LogP contribution in [-0.2, 0) is 10.2 Å². The molecule has 0 unspecified atom stereocenters. The van der Waals surface area contributed by atoms with Gasteiger partial charge in [0.2, 0.25) is 0 Å². The van der Waals surface area contributed by atoms with Crippen molar-refractivity contribution in [3.05, 3.63) is 42.0 Å². The second-order valence-corrected chi connectivity index (χ2v) is 6.29. The second-order valence-electron chi connectivity index (χ2n) is 6.29. The molecule has 2 N–H and O–H groups in total. The lowest BCUT2D eigenvalue weighted by atomic mass is 9.86. The van der Waals surface area contributed by atoms with E-state index in [1.165, 1.54) is 11.1 Å². The number of nitrogens with two attached hydrogens (primary N) is 1. The molecule has 0 atom stereocenters. The van der Waals surface area contributed by atoms with Crippen LogP contribution in [0.25, 0.3) is 0 Å². The standard InChI is InChI=1S/C18H29NO2/c1-6-9-19-10-11-20-12-13-21-17-8-7-16(14-15(17)2)18(3,4)5/h6-8,14,19H,1,9-13H2,2-5H3/p+1. The molecule has 0 amide bonds. The third kappa shape index (κ3) is 6.78. The van der Waals surface area contributed by atoms with Crippen LogP contribution in [0.4, 0.5) is 0 Å². The summed E-state index contributed by atoms with van der Waals surface area (Å²) < 4.78 is 11.3. The highest BCUT2D eigenvalue weighted by molar-refractivity contribution is 5.38. The first-order valence-electron chi connectivity index (χ1n) is 7.69. The zero-order valence-corrected chi connectivity index (χ0v) is 13.9. The van der Waals surface area contributed by atoms with Crippen molar-refractivity contribution in [2.24, 2.45) is 0 Å². The van der Waals surface area contributed by atoms with Crippen molar-refractivity contribution in [2.45, 2.75) is 33.1 Å². The first-order valence-corrected chi connectivity index (χ1v) is 7.69. The molecule has 1 aromatic rings. The first kappa shape index (κ1) is 17.7. The number of rotatable bonds is 9. The van der Waals surface area contributed by atoms with E-state index in [2.05, 4.69) is 57.8 Å². The fourth-order valence-corrected chi connectivity index (χ4v) is 1.99. The number of hydrogen-bond acceptors (Lipinski definition) is 2. The van der Waals surface area contributed by atoms with Crippen LogP contribution in [0.1, 0.15) is 31.9 Å². The zero-order valence-electron chi connectivity index (χ0n) is 13.9. The maximum atomic E-state index is 5.78. The predicted molar refractivity (Wildman–Crippen MR) is 88.0 cm³/mol. The van der Waals surface area contributed by atoms with Crippen molar-refractivity contribution in [3.8, 4) is 5.75 Å². The Balaban J connectivity index is 2.28. The van der Waals surface area contributed by atoms with Gasteiger partial charge in [0.25, 0.3) is 0 Å². The van der Waals surface area contributed by atoms with E-state index in [0.717, 1.165) is 25.4 Å². The molecule has 21 heavy (non-hydrogen) atoms. The zero-order chi connectivity index (χ0) is 15.7. The summed E-state index contributed by atoms with van der Waals surface area (Å²) in [6.45, 7) is 16.3. The van der Waals surface area contributed by atoms with Gasteiger partial charge in [0, 0.05) is 0 Å². The summed E-state index contributed by atoms with van der Waals surface area (Å²) in [6, 6.07) is 6.42. The van der Waals surface area contributed by atoms with Crippen molar-refractivity contribution in [3.63, 3.8) is 0 Å². The predicted octanol–water partition coefficient (Wildman–Crippen LogP) is 2.44. The van der Waals surface area contributed by atoms with Crippen LogP contribution in [0, 0.1) is 6.92 Å². The van der Waals surface area contributed by atoms with E-state index < -0.39 is 0 Å². The summed E-state index contributed by atoms with van der Waals surface area (Å²) in [5, 5.41) is 2.17. The number of aryl methyl sites for hydroxylation is 1. The molecule has 3 heteroatoms. The van der Waals surface area contributed by atoms with Crippen LogP contribution in [0.2, 0.25) is 0 Å². The van der Waals surface area contributed by atoms with Crippen molar-refractivity contribution >= 4 is 0 Å². The lowest BCUT2D eigenvalue weighted by Gasteiger charge is -2.20. The molecule has 0 radical (unpaired) electrons. The van der Waals surface area contributed by atoms with Gasteiger partial charge < -0.3 is 14.8 Å². The van der Waals surface area contributed by atoms with Gasteiger partial charge in [0.05, 0.1) is 26.3 Å². The van der Waals surface area contributed by atoms with E-state index in [1.807, 2.05) is 6.08 Å². The highest BCUT2D eigenvalue weighted by Crippen LogP contribution is 2.27. The van der Waals surface area contributed by atoms with E-state index in [4.69, 9.17) is 9.47 Å². The maximum absolute atomic E-state index is 5.78. The number of benzene rings is 1. The molecule has 0 aromatic heterocycles. The Labute approximate surface area is 129 Å². The van der Waals surface area contributed by atoms with Gasteiger partial charge in [-0.3, -0.25) is 0 Å². The van der Waals surface area contributed by atoms with Crippen LogP contribution in [0.3, 0.4) is 0 Å². The fourth-order valence-electron chi connectivity index (χ4n) is 1.99. The molecule has 0 saturated carbocycles. The molecule has 0 heterocycles. The number of hydrogen-bond donors (Lipinski definition) is 1. The topological polar surface area (TPSA) is 35.1 Å². The van der Waals surface area contributed by atoms with Crippen molar-refractivity contribution < 1.29 is 14.8 Å². The van der Waals surface area contributed by atoms with Gasteiger partial charge in [-0.05, 0) is 35.6 Å². The van der Waals surface area contributed by atoms with E-state index in [-0.39, 0.29) is 5.41 Å². The average molecular weight is 292 g/mol. The summed E-state index contributed by atoms with van der Waals surface area (Å²) in [5.41, 5.74) is 2.69. The molecule has 0 aliphatic carbocycles. The summed E-state index contributed by atoms with van der Waals surface area (Å²) in [6.07, 6.45) is 1.90. The minimum atomic E-state index is 0.175. The van der Waals surface area contributed by atoms with Gasteiger partial charge >= 0.3 is 0 Å². The quantitative estimate of drug-likeness (QED) is 0.560. The third-order valence-corrected chi connectivity index (χ3v) is 3.33. The highest BCUT2D eigenvalue weighted by atomic mass is 16.5. The normalized spacial score (nSPS) is 11.4. The molecular formula is C18H30NO2+. The molecule has 1 rings (SSSR count). The van der Waals surface area contributed by atoms with Crippen molar-refractivity contribution in [2.75, 3.05) is 32.9 Å². The summed E-state index contributed by atoms with van der Waals surface area (Å²) in [5.74, 6) is 0.949. The van der Waals surface area contributed by atoms with Crippen LogP contribution in [0.15, 0.2) is 30.9 Å². The Kier molecular flexibility index (Phi) is 7.48. The smallest absolute Gasteiger partial charge is 0.122 e. The Bertz CT molecular complexity index is 435. The average Bonchev–Trinajstić information content (AvgIpc) is 2.42. The fraction of sp³-hybridized carbons (Fsp3) is 0.556. The lowest BCUT2D eigenvalue weighted by molar-refractivity contribution is -0.647. The lowest BCUT2D eigenvalue weighted by Crippen LogP contribution is -2.84. The molecular weight excluding hydrogens is 262 g/mol. The molecule has 0 aliphatic heterocycles. The SMILES string of the molecule is C=CC[NH2+]CCOCCOc1ccc(C(C)(C)C)cc1C. The summed E-state index contributed by atoms with van der Waals surface area (Å²) in [4.78, 5) is 0. The van der Waals surface area contributed by atoms with Crippen molar-refractivity contribution in [1.82, 2.24) is 0 Å². The van der Waals surface area contributed by atoms with E-state index in [0.29, 0.717) is 13.2 Å². The Hall–Kier alpha value is -1.32. The number of ether oxygens (including phenoxy) is 2. The molecule has 3 nitrogen and oxygen atoms in total. The second kappa shape index (κ2) is 8.85. The first-order chi connectivity index (χ1) is 9.95. The van der Waals surface area contributed by atoms with E-state index >= 15 is 0 Å². The van der Waals surface area contributed by atoms with Crippen LogP contribution in [0.5, 0.6) is 5.75 Å². The van der Waals surface area contributed by atoms with Crippen LogP contribution < -0.4 is 10.1 Å². The Morgan fingerprint density at radius 2 is 1.95 bits per heavy atom. The largest absolute Gasteiger partial charge is 0.491 e. The van der Waals surface area contributed by atoms with Gasteiger partial charge in [-0.25, -0.2) is 0 Å². The Morgan fingerprint density at radius 3 is 2.57 bits per heavy atom. The highest BCUT2D eigenvalue weighted by Gasteiger charge is 2.14. The third-order valence-electron chi connectivity index (χ3n) is 3.33. The van der Waals surface area contributed by atoms with Gasteiger partial charge in [0.1, 0.15) is 12.4 Å². The van der Waals surface area contributed by atoms with Crippen LogP contribution >= 0.6 is 0 Å². The Morgan fingerprint density at radius 1 is 1.19 bits per heavy atom. The molecule has 0 aliphatic rings. The number of quaternary nitrogens is 1. The van der Waals surface area contributed by atoms with Gasteiger partial charge in [-0.1, -0.05) is 39.5 Å². The molecule has 1 aromatic carbocycles. The van der Waals surface area contributed by atoms with Crippen molar-refractivity contribution in [1.29, 1.82) is 0 Å². The van der Waals surface area contributed by atoms with Gasteiger partial charge in [-0.15, -0.1) is 0 Å². The monoisotopic (exact) mass is 292 g/mol. The van der Waals surface area contributed by atoms with Crippen LogP contribution in [-0.4, -0.2) is 32.9 Å². The van der Waals surface area contributed by atoms with Gasteiger partial charge in [0.15, 0.2) is 0 Å². The van der Waals surface area contributed by atoms with Gasteiger partial charge in [-0.2, -0.15) is 0 Å². The summed E-state index contributed by atoms with van der Waals surface area (Å²) in [7, 11) is 0. The minimum Gasteiger partial charge on any atom is -0.491 e. The molecule has 118 valence electrons. The molecule has 0 saturated heterocycles. The summed E-state index contributed by atoms with van der Waals surface area (Å²) >= 11 is 0. The molecule has 0 spiro atoms. The minimum absolute atomic E-state index is 0.175.